The van der Waals surface area contributed by atoms with Crippen molar-refractivity contribution in [2.75, 3.05) is 3.93 Å². The minimum Gasteiger partial charge on any atom is -0.274 e. The van der Waals surface area contributed by atoms with Crippen LogP contribution in [0.15, 0.2) is 18.2 Å². The number of benzene rings is 1. The van der Waals surface area contributed by atoms with Gasteiger partial charge in [0.05, 0.1) is 39.0 Å². The number of hydrogen-bond acceptors (Lipinski definition) is 2. The fourth-order valence-electron chi connectivity index (χ4n) is 1.17. The standard InChI is InChI=1S/C10H6BrF3N2O/c1-6(17)16(11)8-3-2-7(5-15)9(4-8)10(12,13)14/h2-4H,1H3. The molecule has 0 spiro atoms. The zero-order valence-electron chi connectivity index (χ0n) is 8.55. The smallest absolute Gasteiger partial charge is 0.274 e. The summed E-state index contributed by atoms with van der Waals surface area (Å²) in [6.45, 7) is 1.19. The molecule has 0 N–H and O–H groups in total. The van der Waals surface area contributed by atoms with Gasteiger partial charge in [0.2, 0.25) is 5.91 Å². The summed E-state index contributed by atoms with van der Waals surface area (Å²) in [6, 6.07) is 4.48. The van der Waals surface area contributed by atoms with E-state index in [0.717, 1.165) is 16.1 Å². The third-order valence-corrected chi connectivity index (χ3v) is 2.84. The van der Waals surface area contributed by atoms with Gasteiger partial charge < -0.3 is 0 Å². The van der Waals surface area contributed by atoms with Gasteiger partial charge in [0.25, 0.3) is 0 Å². The lowest BCUT2D eigenvalue weighted by molar-refractivity contribution is -0.137. The molecule has 0 aromatic heterocycles. The third kappa shape index (κ3) is 2.97. The summed E-state index contributed by atoms with van der Waals surface area (Å²) in [5.41, 5.74) is -1.53. The van der Waals surface area contributed by atoms with Crippen molar-refractivity contribution in [1.82, 2.24) is 0 Å². The highest BCUT2D eigenvalue weighted by atomic mass is 79.9. The Morgan fingerprint density at radius 2 is 2.06 bits per heavy atom. The van der Waals surface area contributed by atoms with Crippen molar-refractivity contribution in [1.29, 1.82) is 5.26 Å². The van der Waals surface area contributed by atoms with Gasteiger partial charge in [-0.15, -0.1) is 0 Å². The highest BCUT2D eigenvalue weighted by Gasteiger charge is 2.34. The van der Waals surface area contributed by atoms with E-state index < -0.39 is 23.2 Å². The molecule has 0 heterocycles. The lowest BCUT2D eigenvalue weighted by Crippen LogP contribution is -2.17. The zero-order valence-corrected chi connectivity index (χ0v) is 10.1. The number of anilines is 1. The molecular formula is C10H6BrF3N2O. The maximum atomic E-state index is 12.6. The van der Waals surface area contributed by atoms with E-state index >= 15 is 0 Å². The summed E-state index contributed by atoms with van der Waals surface area (Å²) in [6.07, 6.45) is -4.63. The van der Waals surface area contributed by atoms with E-state index in [1.54, 1.807) is 0 Å². The highest BCUT2D eigenvalue weighted by molar-refractivity contribution is 9.10. The number of nitrogens with zero attached hydrogens (tertiary/aromatic N) is 2. The molecule has 0 atom stereocenters. The van der Waals surface area contributed by atoms with Crippen LogP contribution >= 0.6 is 16.1 Å². The molecule has 3 nitrogen and oxygen atoms in total. The molecule has 0 aliphatic carbocycles. The van der Waals surface area contributed by atoms with Crippen molar-refractivity contribution in [2.24, 2.45) is 0 Å². The summed E-state index contributed by atoms with van der Waals surface area (Å²) in [5, 5.41) is 8.58. The van der Waals surface area contributed by atoms with Crippen LogP contribution in [0.4, 0.5) is 18.9 Å². The highest BCUT2D eigenvalue weighted by Crippen LogP contribution is 2.34. The Morgan fingerprint density at radius 1 is 1.47 bits per heavy atom. The summed E-state index contributed by atoms with van der Waals surface area (Å²) in [7, 11) is 0. The number of carbonyl (C=O) groups is 1. The number of halogens is 4. The lowest BCUT2D eigenvalue weighted by atomic mass is 10.1. The Morgan fingerprint density at radius 3 is 2.47 bits per heavy atom. The minimum absolute atomic E-state index is 0.0174. The van der Waals surface area contributed by atoms with Crippen LogP contribution in [-0.4, -0.2) is 5.91 Å². The molecule has 90 valence electrons. The molecule has 1 rings (SSSR count). The van der Waals surface area contributed by atoms with Crippen LogP contribution in [0, 0.1) is 11.3 Å². The van der Waals surface area contributed by atoms with Gasteiger partial charge >= 0.3 is 6.18 Å². The fourth-order valence-corrected chi connectivity index (χ4v) is 1.39. The van der Waals surface area contributed by atoms with E-state index in [9.17, 15) is 18.0 Å². The Labute approximate surface area is 104 Å². The molecule has 0 saturated carbocycles. The molecule has 17 heavy (non-hydrogen) atoms. The molecule has 7 heteroatoms. The van der Waals surface area contributed by atoms with E-state index in [1.807, 2.05) is 0 Å². The second-order valence-electron chi connectivity index (χ2n) is 3.14. The largest absolute Gasteiger partial charge is 0.417 e. The van der Waals surface area contributed by atoms with Gasteiger partial charge in [0, 0.05) is 6.92 Å². The fraction of sp³-hybridized carbons (Fsp3) is 0.200. The molecule has 1 aromatic rings. The number of alkyl halides is 3. The van der Waals surface area contributed by atoms with Crippen LogP contribution in [0.25, 0.3) is 0 Å². The van der Waals surface area contributed by atoms with Crippen LogP contribution in [0.3, 0.4) is 0 Å². The van der Waals surface area contributed by atoms with Crippen molar-refractivity contribution in [3.05, 3.63) is 29.3 Å². The van der Waals surface area contributed by atoms with Gasteiger partial charge in [-0.1, -0.05) is 0 Å². The maximum Gasteiger partial charge on any atom is 0.417 e. The second-order valence-corrected chi connectivity index (χ2v) is 3.85. The van der Waals surface area contributed by atoms with Crippen molar-refractivity contribution in [3.8, 4) is 6.07 Å². The number of rotatable bonds is 1. The molecular weight excluding hydrogens is 301 g/mol. The number of carbonyl (C=O) groups excluding carboxylic acids is 1. The van der Waals surface area contributed by atoms with Crippen molar-refractivity contribution >= 4 is 27.7 Å². The number of hydrogen-bond donors (Lipinski definition) is 0. The number of amides is 1. The Kier molecular flexibility index (Phi) is 3.78. The van der Waals surface area contributed by atoms with Crippen molar-refractivity contribution in [2.45, 2.75) is 13.1 Å². The van der Waals surface area contributed by atoms with Crippen LogP contribution in [0.5, 0.6) is 0 Å². The lowest BCUT2D eigenvalue weighted by Gasteiger charge is -2.15. The van der Waals surface area contributed by atoms with Crippen LogP contribution in [0.2, 0.25) is 0 Å². The molecule has 0 radical (unpaired) electrons. The first-order valence-corrected chi connectivity index (χ1v) is 5.06. The summed E-state index contributed by atoms with van der Waals surface area (Å²) >= 11 is 2.83. The van der Waals surface area contributed by atoms with E-state index in [-0.39, 0.29) is 5.69 Å². The normalized spacial score (nSPS) is 10.8. The average Bonchev–Trinajstić information content (AvgIpc) is 2.25. The first-order valence-electron chi connectivity index (χ1n) is 4.35. The molecule has 0 aliphatic heterocycles. The van der Waals surface area contributed by atoms with E-state index in [0.29, 0.717) is 0 Å². The second kappa shape index (κ2) is 4.75. The summed E-state index contributed by atoms with van der Waals surface area (Å²) in [5.74, 6) is -0.470. The van der Waals surface area contributed by atoms with E-state index in [2.05, 4.69) is 16.1 Å². The predicted molar refractivity (Wildman–Crippen MR) is 58.2 cm³/mol. The van der Waals surface area contributed by atoms with E-state index in [4.69, 9.17) is 5.26 Å². The first-order chi connectivity index (χ1) is 7.77. The quantitative estimate of drug-likeness (QED) is 0.748. The minimum atomic E-state index is -4.63. The van der Waals surface area contributed by atoms with Crippen LogP contribution < -0.4 is 3.93 Å². The Balaban J connectivity index is 3.34. The van der Waals surface area contributed by atoms with Gasteiger partial charge in [0.15, 0.2) is 0 Å². The SMILES string of the molecule is CC(=O)N(Br)c1ccc(C#N)c(C(F)(F)F)c1. The Bertz CT molecular complexity index is 493. The summed E-state index contributed by atoms with van der Waals surface area (Å²) < 4.78 is 38.7. The molecule has 0 bridgehead atoms. The van der Waals surface area contributed by atoms with Gasteiger partial charge in [-0.05, 0) is 18.2 Å². The third-order valence-electron chi connectivity index (χ3n) is 1.93. The molecule has 0 saturated heterocycles. The maximum absolute atomic E-state index is 12.6. The molecule has 0 unspecified atom stereocenters. The first kappa shape index (κ1) is 13.5. The zero-order chi connectivity index (χ0) is 13.2. The van der Waals surface area contributed by atoms with Crippen LogP contribution in [-0.2, 0) is 11.0 Å². The molecule has 0 aliphatic rings. The van der Waals surface area contributed by atoms with Gasteiger partial charge in [-0.3, -0.25) is 4.79 Å². The van der Waals surface area contributed by atoms with Crippen LogP contribution in [0.1, 0.15) is 18.1 Å². The molecule has 0 fully saturated rings. The molecule has 1 aromatic carbocycles. The number of nitriles is 1. The molecule has 1 amide bonds. The van der Waals surface area contributed by atoms with Gasteiger partial charge in [-0.2, -0.15) is 18.4 Å². The van der Waals surface area contributed by atoms with Gasteiger partial charge in [0.1, 0.15) is 0 Å². The monoisotopic (exact) mass is 306 g/mol. The van der Waals surface area contributed by atoms with E-state index in [1.165, 1.54) is 19.1 Å². The topological polar surface area (TPSA) is 44.1 Å². The van der Waals surface area contributed by atoms with Crippen molar-refractivity contribution < 1.29 is 18.0 Å². The Hall–Kier alpha value is -1.55. The average molecular weight is 307 g/mol. The van der Waals surface area contributed by atoms with Crippen molar-refractivity contribution in [3.63, 3.8) is 0 Å². The van der Waals surface area contributed by atoms with Gasteiger partial charge in [-0.25, -0.2) is 3.93 Å². The predicted octanol–water partition coefficient (Wildman–Crippen LogP) is 3.24. The summed E-state index contributed by atoms with van der Waals surface area (Å²) in [4.78, 5) is 11.0.